The molecule has 0 fully saturated rings. The molecule has 1 rings (SSSR count). The lowest BCUT2D eigenvalue weighted by molar-refractivity contribution is -0.115. The van der Waals surface area contributed by atoms with Crippen LogP contribution in [0.3, 0.4) is 0 Å². The van der Waals surface area contributed by atoms with Gasteiger partial charge in [-0.05, 0) is 13.3 Å². The van der Waals surface area contributed by atoms with Crippen molar-refractivity contribution < 1.29 is 4.79 Å². The number of thiazole rings is 1. The summed E-state index contributed by atoms with van der Waals surface area (Å²) in [6.07, 6.45) is 2.61. The SMILES string of the molecule is C=CCNCC(=O)Nc1nc(CC)c(C)s1. The molecule has 0 aromatic carbocycles. The standard InChI is InChI=1S/C11H17N3OS/c1-4-6-12-7-10(15)14-11-13-9(5-2)8(3)16-11/h4,12H,1,5-7H2,2-3H3,(H,13,14,15). The average Bonchev–Trinajstić information content (AvgIpc) is 2.59. The van der Waals surface area contributed by atoms with Crippen LogP contribution in [0.25, 0.3) is 0 Å². The lowest BCUT2D eigenvalue weighted by atomic mass is 10.3. The van der Waals surface area contributed by atoms with Crippen LogP contribution in [-0.4, -0.2) is 24.0 Å². The Morgan fingerprint density at radius 3 is 2.94 bits per heavy atom. The summed E-state index contributed by atoms with van der Waals surface area (Å²) in [5, 5.41) is 6.39. The zero-order valence-electron chi connectivity index (χ0n) is 9.67. The zero-order chi connectivity index (χ0) is 12.0. The number of hydrogen-bond donors (Lipinski definition) is 2. The minimum atomic E-state index is -0.0711. The van der Waals surface area contributed by atoms with Gasteiger partial charge in [0.15, 0.2) is 5.13 Å². The molecule has 0 unspecified atom stereocenters. The summed E-state index contributed by atoms with van der Waals surface area (Å²) in [5.74, 6) is -0.0711. The number of nitrogens with one attached hydrogen (secondary N) is 2. The number of aryl methyl sites for hydroxylation is 2. The fourth-order valence-electron chi connectivity index (χ4n) is 1.26. The number of amides is 1. The molecule has 1 aromatic rings. The quantitative estimate of drug-likeness (QED) is 0.587. The van der Waals surface area contributed by atoms with E-state index in [9.17, 15) is 4.79 Å². The van der Waals surface area contributed by atoms with Crippen LogP contribution < -0.4 is 10.6 Å². The van der Waals surface area contributed by atoms with E-state index in [0.29, 0.717) is 11.7 Å². The molecule has 0 aliphatic heterocycles. The molecule has 1 aromatic heterocycles. The summed E-state index contributed by atoms with van der Waals surface area (Å²) in [4.78, 5) is 17.0. The predicted octanol–water partition coefficient (Wildman–Crippen LogP) is 1.73. The molecule has 0 aliphatic carbocycles. The zero-order valence-corrected chi connectivity index (χ0v) is 10.5. The van der Waals surface area contributed by atoms with E-state index >= 15 is 0 Å². The molecule has 88 valence electrons. The number of hydrogen-bond acceptors (Lipinski definition) is 4. The smallest absolute Gasteiger partial charge is 0.240 e. The highest BCUT2D eigenvalue weighted by atomic mass is 32.1. The molecular formula is C11H17N3OS. The van der Waals surface area contributed by atoms with Crippen LogP contribution in [0.5, 0.6) is 0 Å². The number of carbonyl (C=O) groups is 1. The Balaban J connectivity index is 2.46. The maximum Gasteiger partial charge on any atom is 0.240 e. The number of rotatable bonds is 6. The molecule has 1 heterocycles. The lowest BCUT2D eigenvalue weighted by Crippen LogP contribution is -2.28. The largest absolute Gasteiger partial charge is 0.305 e. The minimum Gasteiger partial charge on any atom is -0.305 e. The minimum absolute atomic E-state index is 0.0711. The van der Waals surface area contributed by atoms with Crippen molar-refractivity contribution >= 4 is 22.4 Å². The normalized spacial score (nSPS) is 10.1. The first-order chi connectivity index (χ1) is 7.67. The van der Waals surface area contributed by atoms with E-state index in [0.717, 1.165) is 17.0 Å². The van der Waals surface area contributed by atoms with Crippen LogP contribution in [0.1, 0.15) is 17.5 Å². The summed E-state index contributed by atoms with van der Waals surface area (Å²) in [6, 6.07) is 0. The van der Waals surface area contributed by atoms with Gasteiger partial charge in [-0.2, -0.15) is 0 Å². The summed E-state index contributed by atoms with van der Waals surface area (Å²) in [5.41, 5.74) is 1.05. The Morgan fingerprint density at radius 1 is 1.62 bits per heavy atom. The molecule has 0 saturated carbocycles. The van der Waals surface area contributed by atoms with Gasteiger partial charge in [0.25, 0.3) is 0 Å². The third-order valence-electron chi connectivity index (χ3n) is 2.05. The van der Waals surface area contributed by atoms with Crippen molar-refractivity contribution in [3.8, 4) is 0 Å². The van der Waals surface area contributed by atoms with Gasteiger partial charge in [-0.25, -0.2) is 4.98 Å². The van der Waals surface area contributed by atoms with Gasteiger partial charge in [0.05, 0.1) is 12.2 Å². The second-order valence-corrected chi connectivity index (χ2v) is 4.55. The van der Waals surface area contributed by atoms with Crippen molar-refractivity contribution in [2.75, 3.05) is 18.4 Å². The van der Waals surface area contributed by atoms with Crippen molar-refractivity contribution in [2.24, 2.45) is 0 Å². The van der Waals surface area contributed by atoms with Crippen LogP contribution in [-0.2, 0) is 11.2 Å². The highest BCUT2D eigenvalue weighted by Crippen LogP contribution is 2.21. The number of nitrogens with zero attached hydrogens (tertiary/aromatic N) is 1. The first kappa shape index (κ1) is 12.9. The van der Waals surface area contributed by atoms with Crippen LogP contribution in [0.15, 0.2) is 12.7 Å². The van der Waals surface area contributed by atoms with E-state index in [4.69, 9.17) is 0 Å². The highest BCUT2D eigenvalue weighted by Gasteiger charge is 2.08. The van der Waals surface area contributed by atoms with Crippen LogP contribution in [0.2, 0.25) is 0 Å². The molecule has 5 heteroatoms. The molecule has 0 spiro atoms. The van der Waals surface area contributed by atoms with E-state index < -0.39 is 0 Å². The molecule has 0 aliphatic rings. The Kier molecular flexibility index (Phi) is 5.14. The highest BCUT2D eigenvalue weighted by molar-refractivity contribution is 7.15. The molecular weight excluding hydrogens is 222 g/mol. The Morgan fingerprint density at radius 2 is 2.38 bits per heavy atom. The first-order valence-electron chi connectivity index (χ1n) is 5.25. The number of carbonyl (C=O) groups excluding carboxylic acids is 1. The van der Waals surface area contributed by atoms with E-state index in [2.05, 4.69) is 29.1 Å². The van der Waals surface area contributed by atoms with E-state index in [-0.39, 0.29) is 12.5 Å². The monoisotopic (exact) mass is 239 g/mol. The maximum absolute atomic E-state index is 11.5. The molecule has 0 atom stereocenters. The first-order valence-corrected chi connectivity index (χ1v) is 6.06. The molecule has 2 N–H and O–H groups in total. The molecule has 1 amide bonds. The second kappa shape index (κ2) is 6.40. The van der Waals surface area contributed by atoms with Gasteiger partial charge in [-0.1, -0.05) is 13.0 Å². The van der Waals surface area contributed by atoms with E-state index in [1.807, 2.05) is 6.92 Å². The van der Waals surface area contributed by atoms with Crippen molar-refractivity contribution in [1.82, 2.24) is 10.3 Å². The average molecular weight is 239 g/mol. The summed E-state index contributed by atoms with van der Waals surface area (Å²) >= 11 is 1.52. The van der Waals surface area contributed by atoms with E-state index in [1.165, 1.54) is 11.3 Å². The van der Waals surface area contributed by atoms with E-state index in [1.54, 1.807) is 6.08 Å². The van der Waals surface area contributed by atoms with Crippen LogP contribution >= 0.6 is 11.3 Å². The van der Waals surface area contributed by atoms with Gasteiger partial charge in [-0.15, -0.1) is 17.9 Å². The van der Waals surface area contributed by atoms with Gasteiger partial charge in [0.1, 0.15) is 0 Å². The summed E-state index contributed by atoms with van der Waals surface area (Å²) in [7, 11) is 0. The fourth-order valence-corrected chi connectivity index (χ4v) is 2.18. The van der Waals surface area contributed by atoms with Crippen molar-refractivity contribution in [3.63, 3.8) is 0 Å². The number of aromatic nitrogens is 1. The molecule has 0 bridgehead atoms. The topological polar surface area (TPSA) is 54.0 Å². The van der Waals surface area contributed by atoms with Crippen LogP contribution in [0, 0.1) is 6.92 Å². The lowest BCUT2D eigenvalue weighted by Gasteiger charge is -2.01. The molecule has 16 heavy (non-hydrogen) atoms. The number of anilines is 1. The van der Waals surface area contributed by atoms with Gasteiger partial charge in [0.2, 0.25) is 5.91 Å². The second-order valence-electron chi connectivity index (χ2n) is 3.34. The van der Waals surface area contributed by atoms with Gasteiger partial charge in [0, 0.05) is 11.4 Å². The van der Waals surface area contributed by atoms with Crippen molar-refractivity contribution in [2.45, 2.75) is 20.3 Å². The molecule has 4 nitrogen and oxygen atoms in total. The van der Waals surface area contributed by atoms with Crippen LogP contribution in [0.4, 0.5) is 5.13 Å². The maximum atomic E-state index is 11.5. The fraction of sp³-hybridized carbons (Fsp3) is 0.455. The van der Waals surface area contributed by atoms with Gasteiger partial charge >= 0.3 is 0 Å². The van der Waals surface area contributed by atoms with Gasteiger partial charge in [-0.3, -0.25) is 4.79 Å². The summed E-state index contributed by atoms with van der Waals surface area (Å²) < 4.78 is 0. The molecule has 0 saturated heterocycles. The molecule has 0 radical (unpaired) electrons. The predicted molar refractivity (Wildman–Crippen MR) is 67.9 cm³/mol. The van der Waals surface area contributed by atoms with Crippen molar-refractivity contribution in [3.05, 3.63) is 23.2 Å². The Hall–Kier alpha value is -1.20. The summed E-state index contributed by atoms with van der Waals surface area (Å²) in [6.45, 7) is 8.55. The third-order valence-corrected chi connectivity index (χ3v) is 2.98. The third kappa shape index (κ3) is 3.75. The Bertz CT molecular complexity index is 373. The van der Waals surface area contributed by atoms with Gasteiger partial charge < -0.3 is 10.6 Å². The van der Waals surface area contributed by atoms with Crippen molar-refractivity contribution in [1.29, 1.82) is 0 Å². The Labute approximate surface area is 99.8 Å².